The van der Waals surface area contributed by atoms with Crippen molar-refractivity contribution < 1.29 is 4.42 Å². The Morgan fingerprint density at radius 2 is 2.10 bits per heavy atom. The first kappa shape index (κ1) is 11.8. The van der Waals surface area contributed by atoms with Gasteiger partial charge in [-0.25, -0.2) is 15.0 Å². The molecule has 4 aromatic rings. The maximum absolute atomic E-state index is 5.07. The van der Waals surface area contributed by atoms with E-state index in [4.69, 9.17) is 4.42 Å². The van der Waals surface area contributed by atoms with Gasteiger partial charge in [-0.1, -0.05) is 0 Å². The van der Waals surface area contributed by atoms with Crippen LogP contribution in [0.4, 0.5) is 0 Å². The molecule has 0 fully saturated rings. The van der Waals surface area contributed by atoms with Crippen molar-refractivity contribution in [3.05, 3.63) is 61.2 Å². The molecular formula is C16H12N4O. The second-order valence-corrected chi connectivity index (χ2v) is 4.87. The zero-order chi connectivity index (χ0) is 14.2. The molecule has 4 rings (SSSR count). The van der Waals surface area contributed by atoms with Crippen molar-refractivity contribution in [1.82, 2.24) is 19.5 Å². The molecule has 0 atom stereocenters. The molecule has 0 aliphatic heterocycles. The predicted octanol–water partition coefficient (Wildman–Crippen LogP) is 3.38. The lowest BCUT2D eigenvalue weighted by Crippen LogP contribution is -1.92. The average molecular weight is 276 g/mol. The molecule has 21 heavy (non-hydrogen) atoms. The molecule has 1 aromatic carbocycles. The molecule has 3 heterocycles. The van der Waals surface area contributed by atoms with Crippen molar-refractivity contribution in [3.8, 4) is 17.1 Å². The minimum absolute atomic E-state index is 0.669. The van der Waals surface area contributed by atoms with Gasteiger partial charge in [0.05, 0.1) is 29.4 Å². The van der Waals surface area contributed by atoms with E-state index in [1.165, 1.54) is 0 Å². The van der Waals surface area contributed by atoms with E-state index in [0.29, 0.717) is 5.82 Å². The first-order valence-corrected chi connectivity index (χ1v) is 6.60. The number of rotatable bonds is 2. The van der Waals surface area contributed by atoms with Crippen LogP contribution in [-0.4, -0.2) is 19.5 Å². The largest absolute Gasteiger partial charge is 0.472 e. The first-order valence-electron chi connectivity index (χ1n) is 6.60. The van der Waals surface area contributed by atoms with E-state index in [1.807, 2.05) is 42.1 Å². The Bertz CT molecular complexity index is 909. The summed E-state index contributed by atoms with van der Waals surface area (Å²) in [6.07, 6.45) is 8.88. The molecule has 5 heteroatoms. The zero-order valence-corrected chi connectivity index (χ0v) is 11.4. The van der Waals surface area contributed by atoms with Crippen molar-refractivity contribution in [3.63, 3.8) is 0 Å². The first-order chi connectivity index (χ1) is 10.3. The molecule has 0 aliphatic carbocycles. The molecule has 0 unspecified atom stereocenters. The van der Waals surface area contributed by atoms with Gasteiger partial charge >= 0.3 is 0 Å². The summed E-state index contributed by atoms with van der Waals surface area (Å²) in [5.41, 5.74) is 3.82. The summed E-state index contributed by atoms with van der Waals surface area (Å²) in [5.74, 6) is 0.669. The van der Waals surface area contributed by atoms with Gasteiger partial charge in [0.25, 0.3) is 0 Å². The minimum Gasteiger partial charge on any atom is -0.472 e. The van der Waals surface area contributed by atoms with Crippen molar-refractivity contribution >= 4 is 10.9 Å². The van der Waals surface area contributed by atoms with Crippen molar-refractivity contribution in [1.29, 1.82) is 0 Å². The number of aromatic nitrogens is 4. The van der Waals surface area contributed by atoms with E-state index in [9.17, 15) is 0 Å². The molecule has 0 bridgehead atoms. The van der Waals surface area contributed by atoms with Gasteiger partial charge < -0.3 is 8.98 Å². The summed E-state index contributed by atoms with van der Waals surface area (Å²) < 4.78 is 7.05. The van der Waals surface area contributed by atoms with Gasteiger partial charge in [0.1, 0.15) is 6.26 Å². The van der Waals surface area contributed by atoms with E-state index < -0.39 is 0 Å². The zero-order valence-electron chi connectivity index (χ0n) is 11.4. The van der Waals surface area contributed by atoms with Gasteiger partial charge in [-0.15, -0.1) is 0 Å². The molecule has 3 aromatic heterocycles. The Kier molecular flexibility index (Phi) is 2.57. The lowest BCUT2D eigenvalue weighted by Gasteiger charge is -2.04. The van der Waals surface area contributed by atoms with E-state index in [2.05, 4.69) is 21.0 Å². The van der Waals surface area contributed by atoms with E-state index >= 15 is 0 Å². The highest BCUT2D eigenvalue weighted by Gasteiger charge is 2.06. The Balaban J connectivity index is 1.81. The molecule has 0 saturated carbocycles. The maximum Gasteiger partial charge on any atom is 0.163 e. The highest BCUT2D eigenvalue weighted by Crippen LogP contribution is 2.21. The number of nitrogens with zero attached hydrogens (tertiary/aromatic N) is 4. The van der Waals surface area contributed by atoms with Crippen molar-refractivity contribution in [2.24, 2.45) is 0 Å². The fraction of sp³-hybridized carbons (Fsp3) is 0.0625. The second-order valence-electron chi connectivity index (χ2n) is 4.87. The Hall–Kier alpha value is -2.95. The standard InChI is InChI=1S/C16H12N4O/c1-11-8-20(10-18-11)14-2-3-15-13(6-14)7-17-16(19-15)12-4-5-21-9-12/h2-10H,1H3. The minimum atomic E-state index is 0.669. The number of aryl methyl sites for hydroxylation is 1. The summed E-state index contributed by atoms with van der Waals surface area (Å²) in [6, 6.07) is 7.92. The van der Waals surface area contributed by atoms with Crippen LogP contribution in [0.2, 0.25) is 0 Å². The molecular weight excluding hydrogens is 264 g/mol. The average Bonchev–Trinajstić information content (AvgIpc) is 3.17. The van der Waals surface area contributed by atoms with Crippen LogP contribution in [0.15, 0.2) is 59.9 Å². The Labute approximate surface area is 120 Å². The highest BCUT2D eigenvalue weighted by atomic mass is 16.3. The Morgan fingerprint density at radius 3 is 2.86 bits per heavy atom. The summed E-state index contributed by atoms with van der Waals surface area (Å²) >= 11 is 0. The fourth-order valence-corrected chi connectivity index (χ4v) is 2.27. The molecule has 0 radical (unpaired) electrons. The van der Waals surface area contributed by atoms with Gasteiger partial charge in [0, 0.05) is 23.5 Å². The van der Waals surface area contributed by atoms with Crippen LogP contribution in [0.3, 0.4) is 0 Å². The SMILES string of the molecule is Cc1cn(-c2ccc3nc(-c4ccoc4)ncc3c2)cn1. The molecule has 0 spiro atoms. The number of hydrogen-bond donors (Lipinski definition) is 0. The monoisotopic (exact) mass is 276 g/mol. The molecule has 0 N–H and O–H groups in total. The number of hydrogen-bond acceptors (Lipinski definition) is 4. The Morgan fingerprint density at radius 1 is 1.14 bits per heavy atom. The van der Waals surface area contributed by atoms with E-state index in [-0.39, 0.29) is 0 Å². The molecule has 0 aliphatic rings. The summed E-state index contributed by atoms with van der Waals surface area (Å²) in [7, 11) is 0. The van der Waals surface area contributed by atoms with Crippen LogP contribution in [0.25, 0.3) is 28.0 Å². The number of fused-ring (bicyclic) bond motifs is 1. The summed E-state index contributed by atoms with van der Waals surface area (Å²) in [4.78, 5) is 13.2. The van der Waals surface area contributed by atoms with E-state index in [1.54, 1.807) is 18.9 Å². The van der Waals surface area contributed by atoms with Gasteiger partial charge in [-0.05, 0) is 31.2 Å². The molecule has 0 amide bonds. The van der Waals surface area contributed by atoms with Gasteiger partial charge in [0.2, 0.25) is 0 Å². The molecule has 5 nitrogen and oxygen atoms in total. The molecule has 102 valence electrons. The third-order valence-corrected chi connectivity index (χ3v) is 3.35. The predicted molar refractivity (Wildman–Crippen MR) is 79.1 cm³/mol. The third kappa shape index (κ3) is 2.08. The van der Waals surface area contributed by atoms with Crippen molar-refractivity contribution in [2.75, 3.05) is 0 Å². The van der Waals surface area contributed by atoms with Crippen LogP contribution < -0.4 is 0 Å². The number of benzene rings is 1. The van der Waals surface area contributed by atoms with E-state index in [0.717, 1.165) is 27.8 Å². The lowest BCUT2D eigenvalue weighted by molar-refractivity contribution is 0.568. The topological polar surface area (TPSA) is 56.7 Å². The normalized spacial score (nSPS) is 11.1. The highest BCUT2D eigenvalue weighted by molar-refractivity contribution is 5.81. The smallest absolute Gasteiger partial charge is 0.163 e. The van der Waals surface area contributed by atoms with Crippen LogP contribution in [0.1, 0.15) is 5.69 Å². The quantitative estimate of drug-likeness (QED) is 0.563. The number of furan rings is 1. The molecule has 0 saturated heterocycles. The van der Waals surface area contributed by atoms with Crippen LogP contribution >= 0.6 is 0 Å². The van der Waals surface area contributed by atoms with Crippen LogP contribution in [0.5, 0.6) is 0 Å². The van der Waals surface area contributed by atoms with Crippen LogP contribution in [-0.2, 0) is 0 Å². The van der Waals surface area contributed by atoms with Gasteiger partial charge in [-0.2, -0.15) is 0 Å². The second kappa shape index (κ2) is 4.56. The fourth-order valence-electron chi connectivity index (χ4n) is 2.27. The van der Waals surface area contributed by atoms with Crippen molar-refractivity contribution in [2.45, 2.75) is 6.92 Å². The lowest BCUT2D eigenvalue weighted by atomic mass is 10.2. The van der Waals surface area contributed by atoms with Gasteiger partial charge in [0.15, 0.2) is 5.82 Å². The van der Waals surface area contributed by atoms with Gasteiger partial charge in [-0.3, -0.25) is 0 Å². The summed E-state index contributed by atoms with van der Waals surface area (Å²) in [6.45, 7) is 1.97. The maximum atomic E-state index is 5.07. The third-order valence-electron chi connectivity index (χ3n) is 3.35. The van der Waals surface area contributed by atoms with Crippen LogP contribution in [0, 0.1) is 6.92 Å². The summed E-state index contributed by atoms with van der Waals surface area (Å²) in [5, 5.41) is 0.992. The number of imidazole rings is 1.